The molecule has 3 heteroatoms. The Kier molecular flexibility index (Phi) is 4.42. The molecule has 0 spiro atoms. The Hall–Kier alpha value is -1.64. The van der Waals surface area contributed by atoms with Crippen LogP contribution >= 0.6 is 0 Å². The van der Waals surface area contributed by atoms with Gasteiger partial charge >= 0.3 is 11.3 Å². The van der Waals surface area contributed by atoms with Crippen molar-refractivity contribution in [3.63, 3.8) is 0 Å². The van der Waals surface area contributed by atoms with Crippen LogP contribution in [0.15, 0.2) is 14.0 Å². The molecular weight excluding hydrogens is 384 g/mol. The van der Waals surface area contributed by atoms with Gasteiger partial charge in [0.15, 0.2) is 0 Å². The van der Waals surface area contributed by atoms with Crippen LogP contribution in [0.1, 0.15) is 104 Å². The summed E-state index contributed by atoms with van der Waals surface area (Å²) in [6.45, 7) is 14.3. The van der Waals surface area contributed by atoms with E-state index in [-0.39, 0.29) is 21.7 Å². The Morgan fingerprint density at radius 1 is 0.677 bits per heavy atom. The molecule has 4 aliphatic rings. The second kappa shape index (κ2) is 6.45. The van der Waals surface area contributed by atoms with Gasteiger partial charge in [-0.15, -0.1) is 0 Å². The van der Waals surface area contributed by atoms with Crippen LogP contribution in [-0.4, -0.2) is 0 Å². The van der Waals surface area contributed by atoms with Gasteiger partial charge in [0.1, 0.15) is 0 Å². The summed E-state index contributed by atoms with van der Waals surface area (Å²) in [7, 11) is 0. The molecule has 0 bridgehead atoms. The van der Waals surface area contributed by atoms with Crippen molar-refractivity contribution in [3.05, 3.63) is 42.4 Å². The van der Waals surface area contributed by atoms with Crippen LogP contribution in [0.25, 0.3) is 12.2 Å². The third kappa shape index (κ3) is 2.77. The molecule has 0 unspecified atom stereocenters. The molecule has 0 aromatic carbocycles. The number of rotatable bonds is 0. The topological polar surface area (TPSA) is 47.3 Å². The van der Waals surface area contributed by atoms with Crippen LogP contribution in [0.5, 0.6) is 0 Å². The van der Waals surface area contributed by atoms with Gasteiger partial charge in [-0.2, -0.15) is 0 Å². The van der Waals surface area contributed by atoms with E-state index in [9.17, 15) is 9.59 Å². The Morgan fingerprint density at radius 3 is 1.45 bits per heavy atom. The first-order chi connectivity index (χ1) is 14.4. The lowest BCUT2D eigenvalue weighted by Crippen LogP contribution is -2.56. The summed E-state index contributed by atoms with van der Waals surface area (Å²) in [6.07, 6.45) is 12.9. The highest BCUT2D eigenvalue weighted by atomic mass is 16.4. The monoisotopic (exact) mass is 422 g/mol. The zero-order chi connectivity index (χ0) is 22.4. The molecule has 0 radical (unpaired) electrons. The second-order valence-corrected chi connectivity index (χ2v) is 12.8. The Labute approximate surface area is 185 Å². The molecule has 0 N–H and O–H groups in total. The minimum Gasteiger partial charge on any atom is -0.386 e. The molecule has 0 saturated heterocycles. The van der Waals surface area contributed by atoms with Gasteiger partial charge in [0.05, 0.1) is 10.4 Å². The van der Waals surface area contributed by atoms with Crippen LogP contribution in [0, 0.1) is 22.7 Å². The number of hydrogen-bond acceptors (Lipinski definition) is 3. The lowest BCUT2D eigenvalue weighted by atomic mass is 9.47. The molecule has 1 aromatic heterocycles. The average Bonchev–Trinajstić information content (AvgIpc) is 2.76. The molecule has 168 valence electrons. The summed E-state index contributed by atoms with van der Waals surface area (Å²) in [6, 6.07) is 0. The maximum Gasteiger partial charge on any atom is 0.346 e. The highest BCUT2D eigenvalue weighted by Crippen LogP contribution is 2.59. The first-order valence-electron chi connectivity index (χ1n) is 12.3. The molecular formula is C28H38O3. The number of hydrogen-bond donors (Lipinski definition) is 0. The third-order valence-corrected chi connectivity index (χ3v) is 10.1. The number of fused-ring (bicyclic) bond motifs is 7. The van der Waals surface area contributed by atoms with Crippen molar-refractivity contribution >= 4 is 12.2 Å². The molecule has 31 heavy (non-hydrogen) atoms. The SMILES string of the molecule is CC1(C)CCC[C@]2(C)c3c4c(c(=O)oc(=O)c3=CC[C@@H]12)=CC[C@H]1C(C)(C)CCC[C@]41C. The van der Waals surface area contributed by atoms with E-state index in [4.69, 9.17) is 4.42 Å². The molecule has 4 aliphatic carbocycles. The smallest absolute Gasteiger partial charge is 0.346 e. The molecule has 1 aromatic rings. The highest BCUT2D eigenvalue weighted by Gasteiger charge is 2.55. The minimum atomic E-state index is -0.430. The van der Waals surface area contributed by atoms with E-state index in [1.54, 1.807) is 0 Å². The maximum absolute atomic E-state index is 13.2. The maximum atomic E-state index is 13.2. The van der Waals surface area contributed by atoms with Crippen LogP contribution < -0.4 is 21.7 Å². The first kappa shape index (κ1) is 21.2. The van der Waals surface area contributed by atoms with Crippen LogP contribution in [-0.2, 0) is 10.8 Å². The van der Waals surface area contributed by atoms with E-state index in [1.807, 2.05) is 0 Å². The van der Waals surface area contributed by atoms with E-state index in [2.05, 4.69) is 53.7 Å². The summed E-state index contributed by atoms with van der Waals surface area (Å²) < 4.78 is 5.45. The van der Waals surface area contributed by atoms with Gasteiger partial charge in [-0.05, 0) is 83.1 Å². The van der Waals surface area contributed by atoms with Crippen molar-refractivity contribution in [2.75, 3.05) is 0 Å². The standard InChI is InChI=1S/C28H38O3/c1-25(2)13-7-15-27(5)19(25)11-9-17-21(27)22-18(24(30)31-23(17)29)10-12-20-26(3,4)14-8-16-28(20,22)6/h9-10,19-20H,7-8,11-16H2,1-6H3/t19-,20-,27-,28-/m0/s1. The minimum absolute atomic E-state index is 0.101. The Bertz CT molecular complexity index is 1090. The van der Waals surface area contributed by atoms with Gasteiger partial charge < -0.3 is 4.42 Å². The van der Waals surface area contributed by atoms with Gasteiger partial charge in [0.25, 0.3) is 0 Å². The predicted octanol–water partition coefficient (Wildman–Crippen LogP) is 4.54. The van der Waals surface area contributed by atoms with Crippen molar-refractivity contribution < 1.29 is 4.42 Å². The van der Waals surface area contributed by atoms with Crippen LogP contribution in [0.2, 0.25) is 0 Å². The first-order valence-corrected chi connectivity index (χ1v) is 12.3. The van der Waals surface area contributed by atoms with Crippen LogP contribution in [0.4, 0.5) is 0 Å². The Balaban J connectivity index is 1.95. The van der Waals surface area contributed by atoms with Crippen LogP contribution in [0.3, 0.4) is 0 Å². The largest absolute Gasteiger partial charge is 0.386 e. The quantitative estimate of drug-likeness (QED) is 0.617. The summed E-state index contributed by atoms with van der Waals surface area (Å²) in [5, 5.41) is 1.38. The normalized spacial score (nSPS) is 37.2. The zero-order valence-corrected chi connectivity index (χ0v) is 20.2. The third-order valence-electron chi connectivity index (χ3n) is 10.1. The summed E-state index contributed by atoms with van der Waals surface area (Å²) in [5.74, 6) is 0.950. The van der Waals surface area contributed by atoms with Gasteiger partial charge in [-0.3, -0.25) is 0 Å². The van der Waals surface area contributed by atoms with E-state index in [1.165, 1.54) is 24.0 Å². The average molecular weight is 423 g/mol. The predicted molar refractivity (Wildman–Crippen MR) is 126 cm³/mol. The van der Waals surface area contributed by atoms with E-state index in [0.29, 0.717) is 22.3 Å². The second-order valence-electron chi connectivity index (χ2n) is 12.8. The fourth-order valence-corrected chi connectivity index (χ4v) is 8.70. The molecule has 2 fully saturated rings. The van der Waals surface area contributed by atoms with Gasteiger partial charge in [-0.1, -0.05) is 66.5 Å². The highest BCUT2D eigenvalue weighted by molar-refractivity contribution is 5.51. The molecule has 2 saturated carbocycles. The van der Waals surface area contributed by atoms with E-state index >= 15 is 0 Å². The molecule has 0 amide bonds. The van der Waals surface area contributed by atoms with Gasteiger partial charge in [-0.25, -0.2) is 9.59 Å². The molecule has 5 rings (SSSR count). The van der Waals surface area contributed by atoms with Crippen molar-refractivity contribution in [2.24, 2.45) is 22.7 Å². The fourth-order valence-electron chi connectivity index (χ4n) is 8.70. The molecule has 1 heterocycles. The summed E-state index contributed by atoms with van der Waals surface area (Å²) >= 11 is 0. The molecule has 3 nitrogen and oxygen atoms in total. The molecule has 0 aliphatic heterocycles. The van der Waals surface area contributed by atoms with E-state index in [0.717, 1.165) is 38.5 Å². The Morgan fingerprint density at radius 2 is 1.06 bits per heavy atom. The van der Waals surface area contributed by atoms with Crippen molar-refractivity contribution in [3.8, 4) is 0 Å². The zero-order valence-electron chi connectivity index (χ0n) is 20.2. The lowest BCUT2D eigenvalue weighted by Gasteiger charge is -2.57. The fraction of sp³-hybridized carbons (Fsp3) is 0.714. The molecule has 4 atom stereocenters. The van der Waals surface area contributed by atoms with Crippen molar-refractivity contribution in [1.29, 1.82) is 0 Å². The lowest BCUT2D eigenvalue weighted by molar-refractivity contribution is 0.0414. The van der Waals surface area contributed by atoms with Gasteiger partial charge in [0, 0.05) is 0 Å². The summed E-state index contributed by atoms with van der Waals surface area (Å²) in [5.41, 5.74) is 1.71. The summed E-state index contributed by atoms with van der Waals surface area (Å²) in [4.78, 5) is 26.4. The van der Waals surface area contributed by atoms with E-state index < -0.39 is 11.3 Å². The van der Waals surface area contributed by atoms with Gasteiger partial charge in [0.2, 0.25) is 0 Å². The van der Waals surface area contributed by atoms with Crippen molar-refractivity contribution in [1.82, 2.24) is 0 Å². The van der Waals surface area contributed by atoms with Crippen molar-refractivity contribution in [2.45, 2.75) is 104 Å².